The van der Waals surface area contributed by atoms with E-state index in [1.807, 2.05) is 0 Å². The van der Waals surface area contributed by atoms with Crippen LogP contribution in [-0.4, -0.2) is 81.2 Å². The van der Waals surface area contributed by atoms with Gasteiger partial charge in [0.2, 0.25) is 0 Å². The molecule has 0 bridgehead atoms. The third kappa shape index (κ3) is 5.35. The highest BCUT2D eigenvalue weighted by molar-refractivity contribution is 7.14. The lowest BCUT2D eigenvalue weighted by Gasteiger charge is -2.36. The van der Waals surface area contributed by atoms with Crippen LogP contribution in [-0.2, 0) is 12.8 Å². The zero-order chi connectivity index (χ0) is 31.1. The van der Waals surface area contributed by atoms with Crippen molar-refractivity contribution in [3.8, 4) is 11.1 Å². The summed E-state index contributed by atoms with van der Waals surface area (Å²) >= 11 is 2.68. The van der Waals surface area contributed by atoms with Crippen LogP contribution in [0.4, 0.5) is 0 Å². The van der Waals surface area contributed by atoms with Gasteiger partial charge in [-0.15, -0.1) is 22.7 Å². The Morgan fingerprint density at radius 3 is 1.55 bits per heavy atom. The molecule has 0 aliphatic carbocycles. The van der Waals surface area contributed by atoms with E-state index in [0.29, 0.717) is 49.0 Å². The predicted molar refractivity (Wildman–Crippen MR) is 171 cm³/mol. The maximum atomic E-state index is 12.0. The first-order chi connectivity index (χ1) is 21.2. The Morgan fingerprint density at radius 2 is 1.18 bits per heavy atom. The van der Waals surface area contributed by atoms with Gasteiger partial charge in [-0.05, 0) is 47.2 Å². The first-order valence-electron chi connectivity index (χ1n) is 14.7. The number of nitrogens with zero attached hydrogens (tertiary/aromatic N) is 4. The summed E-state index contributed by atoms with van der Waals surface area (Å²) in [5.74, 6) is -1.06. The Morgan fingerprint density at radius 1 is 0.773 bits per heavy atom. The molecule has 0 spiro atoms. The highest BCUT2D eigenvalue weighted by Crippen LogP contribution is 2.44. The molecule has 6 rings (SSSR count). The third-order valence-electron chi connectivity index (χ3n) is 8.78. The van der Waals surface area contributed by atoms with Crippen molar-refractivity contribution in [2.24, 2.45) is 11.5 Å². The largest absolute Gasteiger partial charge is 0.395 e. The van der Waals surface area contributed by atoms with E-state index in [2.05, 4.69) is 70.0 Å². The number of carbonyl (C=O) groups is 2. The number of benzene rings is 2. The summed E-state index contributed by atoms with van der Waals surface area (Å²) in [7, 11) is 0. The molecule has 10 nitrogen and oxygen atoms in total. The Bertz CT molecular complexity index is 1610. The van der Waals surface area contributed by atoms with Crippen LogP contribution in [0.3, 0.4) is 0 Å². The van der Waals surface area contributed by atoms with Gasteiger partial charge in [0.05, 0.1) is 46.4 Å². The number of amides is 2. The van der Waals surface area contributed by atoms with Gasteiger partial charge in [-0.2, -0.15) is 0 Å². The zero-order valence-corrected chi connectivity index (χ0v) is 26.4. The summed E-state index contributed by atoms with van der Waals surface area (Å²) in [5.41, 5.74) is 19.6. The van der Waals surface area contributed by atoms with Gasteiger partial charge in [0.15, 0.2) is 10.0 Å². The fourth-order valence-corrected chi connectivity index (χ4v) is 8.95. The number of fused-ring (bicyclic) bond motifs is 2. The zero-order valence-electron chi connectivity index (χ0n) is 24.7. The molecule has 0 radical (unpaired) electrons. The molecule has 4 aromatic rings. The predicted octanol–water partition coefficient (Wildman–Crippen LogP) is 2.96. The molecular weight excluding hydrogens is 597 g/mol. The second-order valence-electron chi connectivity index (χ2n) is 11.3. The van der Waals surface area contributed by atoms with Crippen LogP contribution in [0.25, 0.3) is 11.1 Å². The molecule has 230 valence electrons. The molecular formula is C32H36N6O4S2. The second kappa shape index (κ2) is 12.5. The van der Waals surface area contributed by atoms with Crippen molar-refractivity contribution in [3.63, 3.8) is 0 Å². The van der Waals surface area contributed by atoms with Gasteiger partial charge in [-0.1, -0.05) is 36.4 Å². The number of β-amino-alcohol motifs (C(OH)–C–C–N with tert-alkyl or cyclic N) is 2. The normalized spacial score (nSPS) is 18.6. The van der Waals surface area contributed by atoms with E-state index in [1.165, 1.54) is 22.7 Å². The average Bonchev–Trinajstić information content (AvgIpc) is 3.64. The Labute approximate surface area is 264 Å². The molecule has 0 fully saturated rings. The first-order valence-corrected chi connectivity index (χ1v) is 16.3. The van der Waals surface area contributed by atoms with Gasteiger partial charge < -0.3 is 21.7 Å². The van der Waals surface area contributed by atoms with Gasteiger partial charge in [0.25, 0.3) is 11.8 Å². The highest BCUT2D eigenvalue weighted by atomic mass is 32.1. The van der Waals surface area contributed by atoms with Crippen molar-refractivity contribution in [1.82, 2.24) is 19.8 Å². The lowest BCUT2D eigenvalue weighted by atomic mass is 9.85. The van der Waals surface area contributed by atoms with Crippen molar-refractivity contribution in [2.45, 2.75) is 38.8 Å². The Kier molecular flexibility index (Phi) is 8.64. The second-order valence-corrected chi connectivity index (χ2v) is 13.3. The summed E-state index contributed by atoms with van der Waals surface area (Å²) in [5, 5.41) is 20.4. The maximum absolute atomic E-state index is 12.0. The molecule has 44 heavy (non-hydrogen) atoms. The summed E-state index contributed by atoms with van der Waals surface area (Å²) < 4.78 is 0. The minimum atomic E-state index is -0.528. The lowest BCUT2D eigenvalue weighted by Crippen LogP contribution is -2.38. The number of aromatic nitrogens is 2. The smallest absolute Gasteiger partial charge is 0.277 e. The summed E-state index contributed by atoms with van der Waals surface area (Å²) in [6.45, 7) is 6.72. The number of carbonyl (C=O) groups excluding carboxylic acids is 2. The van der Waals surface area contributed by atoms with Crippen LogP contribution >= 0.6 is 22.7 Å². The van der Waals surface area contributed by atoms with Gasteiger partial charge in [0.1, 0.15) is 0 Å². The van der Waals surface area contributed by atoms with E-state index < -0.39 is 11.8 Å². The molecule has 2 amide bonds. The van der Waals surface area contributed by atoms with E-state index >= 15 is 0 Å². The van der Waals surface area contributed by atoms with Crippen LogP contribution in [0, 0.1) is 13.8 Å². The number of primary amides is 2. The topological polar surface area (TPSA) is 159 Å². The number of aliphatic hydroxyl groups is 2. The molecule has 2 unspecified atom stereocenters. The van der Waals surface area contributed by atoms with Gasteiger partial charge in [0, 0.05) is 39.0 Å². The number of hydrogen-bond donors (Lipinski definition) is 4. The van der Waals surface area contributed by atoms with Crippen LogP contribution in [0.1, 0.15) is 75.1 Å². The molecule has 2 aromatic heterocycles. The van der Waals surface area contributed by atoms with Crippen LogP contribution < -0.4 is 11.5 Å². The van der Waals surface area contributed by atoms with Crippen molar-refractivity contribution >= 4 is 34.5 Å². The molecule has 6 N–H and O–H groups in total. The quantitative estimate of drug-likeness (QED) is 0.219. The SMILES string of the molecule is Cc1c(-c2cccc(C3c4sc(C(N)=O)nc4CCN3CCO)c2C)cccc1C1c2sc(C(N)=O)nc2CCN1CCO. The maximum Gasteiger partial charge on any atom is 0.277 e. The third-order valence-corrected chi connectivity index (χ3v) is 11.1. The summed E-state index contributed by atoms with van der Waals surface area (Å²) in [4.78, 5) is 39.7. The molecule has 0 saturated heterocycles. The van der Waals surface area contributed by atoms with Crippen molar-refractivity contribution in [2.75, 3.05) is 39.4 Å². The number of nitrogens with two attached hydrogens (primary N) is 2. The van der Waals surface area contributed by atoms with E-state index in [1.54, 1.807) is 0 Å². The molecule has 0 saturated carbocycles. The number of aliphatic hydroxyl groups excluding tert-OH is 2. The molecule has 2 aromatic carbocycles. The Balaban J connectivity index is 1.46. The van der Waals surface area contributed by atoms with Crippen LogP contribution in [0.15, 0.2) is 36.4 Å². The monoisotopic (exact) mass is 632 g/mol. The summed E-state index contributed by atoms with van der Waals surface area (Å²) in [6.07, 6.45) is 1.39. The van der Waals surface area contributed by atoms with E-state index in [9.17, 15) is 19.8 Å². The summed E-state index contributed by atoms with van der Waals surface area (Å²) in [6, 6.07) is 12.3. The van der Waals surface area contributed by atoms with Gasteiger partial charge >= 0.3 is 0 Å². The number of thiazole rings is 2. The van der Waals surface area contributed by atoms with Crippen molar-refractivity contribution < 1.29 is 19.8 Å². The Hall–Kier alpha value is -3.52. The fraction of sp³-hybridized carbons (Fsp3) is 0.375. The number of rotatable bonds is 9. The lowest BCUT2D eigenvalue weighted by molar-refractivity contribution is 0.0991. The van der Waals surface area contributed by atoms with E-state index in [-0.39, 0.29) is 25.3 Å². The molecule has 2 aliphatic rings. The minimum Gasteiger partial charge on any atom is -0.395 e. The highest BCUT2D eigenvalue weighted by Gasteiger charge is 2.36. The van der Waals surface area contributed by atoms with E-state index in [0.717, 1.165) is 54.5 Å². The molecule has 2 aliphatic heterocycles. The molecule has 4 heterocycles. The minimum absolute atomic E-state index is 0.0238. The van der Waals surface area contributed by atoms with Crippen LogP contribution in [0.2, 0.25) is 0 Å². The van der Waals surface area contributed by atoms with Crippen molar-refractivity contribution in [3.05, 3.63) is 89.8 Å². The van der Waals surface area contributed by atoms with Gasteiger partial charge in [-0.25, -0.2) is 9.97 Å². The molecule has 12 heteroatoms. The van der Waals surface area contributed by atoms with Crippen molar-refractivity contribution in [1.29, 1.82) is 0 Å². The first kappa shape index (κ1) is 30.5. The average molecular weight is 633 g/mol. The number of hydrogen-bond acceptors (Lipinski definition) is 10. The standard InChI is InChI=1S/C32H36N6O4S2/c1-17-19(5-3-7-21(17)25-27-23(9-11-37(25)13-15-39)35-31(43-27)29(33)41)20-6-4-8-22(18(20)2)26-28-24(10-12-38(26)14-16-40)36-32(44-28)30(34)42/h3-8,25-26,39-40H,9-16H2,1-2H3,(H2,33,41)(H2,34,42). The fourth-order valence-electron chi connectivity index (χ4n) is 6.71. The molecule has 2 atom stereocenters. The van der Waals surface area contributed by atoms with E-state index in [4.69, 9.17) is 11.5 Å². The van der Waals surface area contributed by atoms with Crippen LogP contribution in [0.5, 0.6) is 0 Å². The van der Waals surface area contributed by atoms with Gasteiger partial charge in [-0.3, -0.25) is 19.4 Å².